The molecule has 0 radical (unpaired) electrons. The molecule has 0 unspecified atom stereocenters. The summed E-state index contributed by atoms with van der Waals surface area (Å²) < 4.78 is 5.68. The van der Waals surface area contributed by atoms with Crippen molar-refractivity contribution in [3.05, 3.63) is 53.1 Å². The summed E-state index contributed by atoms with van der Waals surface area (Å²) in [5.41, 5.74) is 2.53. The SMILES string of the molecule is CC(=O)c1ccc(-c2cccc(OC(C)C)c2)cc1Cl. The van der Waals surface area contributed by atoms with E-state index in [1.807, 2.05) is 50.2 Å². The van der Waals surface area contributed by atoms with Gasteiger partial charge in [0.15, 0.2) is 5.78 Å². The van der Waals surface area contributed by atoms with Crippen LogP contribution in [0.1, 0.15) is 31.1 Å². The third-order valence-electron chi connectivity index (χ3n) is 2.89. The van der Waals surface area contributed by atoms with E-state index in [0.717, 1.165) is 16.9 Å². The lowest BCUT2D eigenvalue weighted by Gasteiger charge is -2.11. The predicted molar refractivity (Wildman–Crippen MR) is 82.7 cm³/mol. The van der Waals surface area contributed by atoms with Gasteiger partial charge in [-0.05, 0) is 56.2 Å². The normalized spacial score (nSPS) is 10.7. The minimum absolute atomic E-state index is 0.0292. The summed E-state index contributed by atoms with van der Waals surface area (Å²) in [6, 6.07) is 13.3. The third kappa shape index (κ3) is 3.40. The Morgan fingerprint density at radius 3 is 2.40 bits per heavy atom. The number of ether oxygens (including phenoxy) is 1. The highest BCUT2D eigenvalue weighted by Gasteiger charge is 2.08. The summed E-state index contributed by atoms with van der Waals surface area (Å²) in [5.74, 6) is 0.794. The average molecular weight is 289 g/mol. The molecule has 3 heteroatoms. The second-order valence-electron chi connectivity index (χ2n) is 4.95. The molecule has 20 heavy (non-hydrogen) atoms. The van der Waals surface area contributed by atoms with Crippen LogP contribution in [0.15, 0.2) is 42.5 Å². The van der Waals surface area contributed by atoms with Crippen molar-refractivity contribution >= 4 is 17.4 Å². The molecule has 0 aliphatic carbocycles. The third-order valence-corrected chi connectivity index (χ3v) is 3.20. The van der Waals surface area contributed by atoms with Crippen LogP contribution < -0.4 is 4.74 Å². The Bertz CT molecular complexity index is 633. The van der Waals surface area contributed by atoms with E-state index in [4.69, 9.17) is 16.3 Å². The van der Waals surface area contributed by atoms with Gasteiger partial charge in [-0.1, -0.05) is 29.8 Å². The molecule has 104 valence electrons. The maximum Gasteiger partial charge on any atom is 0.161 e. The number of carbonyl (C=O) groups is 1. The summed E-state index contributed by atoms with van der Waals surface area (Å²) in [6.45, 7) is 5.49. The van der Waals surface area contributed by atoms with Crippen molar-refractivity contribution in [3.63, 3.8) is 0 Å². The first-order valence-electron chi connectivity index (χ1n) is 6.55. The minimum Gasteiger partial charge on any atom is -0.491 e. The monoisotopic (exact) mass is 288 g/mol. The Labute approximate surface area is 124 Å². The van der Waals surface area contributed by atoms with Crippen molar-refractivity contribution < 1.29 is 9.53 Å². The number of halogens is 1. The van der Waals surface area contributed by atoms with E-state index in [1.54, 1.807) is 6.07 Å². The molecule has 0 aliphatic rings. The molecule has 0 saturated carbocycles. The van der Waals surface area contributed by atoms with Gasteiger partial charge < -0.3 is 4.74 Å². The van der Waals surface area contributed by atoms with Crippen molar-refractivity contribution in [1.29, 1.82) is 0 Å². The highest BCUT2D eigenvalue weighted by Crippen LogP contribution is 2.28. The van der Waals surface area contributed by atoms with Gasteiger partial charge in [-0.2, -0.15) is 0 Å². The lowest BCUT2D eigenvalue weighted by Crippen LogP contribution is -2.05. The topological polar surface area (TPSA) is 26.3 Å². The van der Waals surface area contributed by atoms with Crippen molar-refractivity contribution in [2.75, 3.05) is 0 Å². The lowest BCUT2D eigenvalue weighted by molar-refractivity contribution is 0.101. The van der Waals surface area contributed by atoms with Crippen LogP contribution in [-0.4, -0.2) is 11.9 Å². The molecule has 0 amide bonds. The highest BCUT2D eigenvalue weighted by atomic mass is 35.5. The summed E-state index contributed by atoms with van der Waals surface area (Å²) in [7, 11) is 0. The molecule has 2 aromatic carbocycles. The smallest absolute Gasteiger partial charge is 0.161 e. The molecule has 2 nitrogen and oxygen atoms in total. The van der Waals surface area contributed by atoms with Crippen LogP contribution in [-0.2, 0) is 0 Å². The largest absolute Gasteiger partial charge is 0.491 e. The van der Waals surface area contributed by atoms with Crippen LogP contribution in [0.2, 0.25) is 5.02 Å². The van der Waals surface area contributed by atoms with Gasteiger partial charge in [-0.3, -0.25) is 4.79 Å². The molecule has 0 N–H and O–H groups in total. The first-order chi connectivity index (χ1) is 9.47. The van der Waals surface area contributed by atoms with E-state index >= 15 is 0 Å². The molecular formula is C17H17ClO2. The molecule has 0 heterocycles. The maximum absolute atomic E-state index is 11.4. The number of benzene rings is 2. The zero-order valence-corrected chi connectivity index (χ0v) is 12.6. The number of hydrogen-bond acceptors (Lipinski definition) is 2. The van der Waals surface area contributed by atoms with Crippen molar-refractivity contribution in [2.45, 2.75) is 26.9 Å². The molecule has 0 atom stereocenters. The fourth-order valence-electron chi connectivity index (χ4n) is 2.00. The van der Waals surface area contributed by atoms with Gasteiger partial charge in [0.1, 0.15) is 5.75 Å². The molecule has 0 aromatic heterocycles. The Balaban J connectivity index is 2.36. The Hall–Kier alpha value is -1.80. The second-order valence-corrected chi connectivity index (χ2v) is 5.35. The maximum atomic E-state index is 11.4. The average Bonchev–Trinajstić information content (AvgIpc) is 2.37. The molecule has 0 fully saturated rings. The number of ketones is 1. The van der Waals surface area contributed by atoms with Crippen LogP contribution >= 0.6 is 11.6 Å². The van der Waals surface area contributed by atoms with E-state index < -0.39 is 0 Å². The van der Waals surface area contributed by atoms with E-state index in [-0.39, 0.29) is 11.9 Å². The first-order valence-corrected chi connectivity index (χ1v) is 6.92. The quantitative estimate of drug-likeness (QED) is 0.740. The standard InChI is InChI=1S/C17H17ClO2/c1-11(2)20-15-6-4-5-13(9-15)14-7-8-16(12(3)19)17(18)10-14/h4-11H,1-3H3. The van der Waals surface area contributed by atoms with Crippen molar-refractivity contribution in [1.82, 2.24) is 0 Å². The van der Waals surface area contributed by atoms with Gasteiger partial charge in [0.25, 0.3) is 0 Å². The van der Waals surface area contributed by atoms with Crippen LogP contribution in [0.4, 0.5) is 0 Å². The van der Waals surface area contributed by atoms with Gasteiger partial charge in [-0.15, -0.1) is 0 Å². The Morgan fingerprint density at radius 1 is 1.10 bits per heavy atom. The molecule has 2 rings (SSSR count). The van der Waals surface area contributed by atoms with Gasteiger partial charge in [0, 0.05) is 5.56 Å². The lowest BCUT2D eigenvalue weighted by atomic mass is 10.0. The first kappa shape index (κ1) is 14.6. The van der Waals surface area contributed by atoms with E-state index in [0.29, 0.717) is 10.6 Å². The Kier molecular flexibility index (Phi) is 4.46. The zero-order valence-electron chi connectivity index (χ0n) is 11.8. The predicted octanol–water partition coefficient (Wildman–Crippen LogP) is 5.00. The molecule has 0 saturated heterocycles. The minimum atomic E-state index is -0.0292. The highest BCUT2D eigenvalue weighted by molar-refractivity contribution is 6.34. The fraction of sp³-hybridized carbons (Fsp3) is 0.235. The summed E-state index contributed by atoms with van der Waals surface area (Å²) in [5, 5.41) is 0.477. The molecule has 0 aliphatic heterocycles. The second kappa shape index (κ2) is 6.10. The molecule has 0 bridgehead atoms. The molecule has 2 aromatic rings. The van der Waals surface area contributed by atoms with E-state index in [9.17, 15) is 4.79 Å². The zero-order chi connectivity index (χ0) is 14.7. The summed E-state index contributed by atoms with van der Waals surface area (Å²) in [6.07, 6.45) is 0.133. The summed E-state index contributed by atoms with van der Waals surface area (Å²) >= 11 is 6.15. The number of Topliss-reactive ketones (excluding diaryl/α,β-unsaturated/α-hetero) is 1. The number of carbonyl (C=O) groups excluding carboxylic acids is 1. The van der Waals surface area contributed by atoms with Gasteiger partial charge in [0.2, 0.25) is 0 Å². The van der Waals surface area contributed by atoms with E-state index in [2.05, 4.69) is 0 Å². The van der Waals surface area contributed by atoms with Crippen LogP contribution in [0.25, 0.3) is 11.1 Å². The molecule has 0 spiro atoms. The number of rotatable bonds is 4. The van der Waals surface area contributed by atoms with Crippen molar-refractivity contribution in [2.24, 2.45) is 0 Å². The van der Waals surface area contributed by atoms with Gasteiger partial charge in [0.05, 0.1) is 11.1 Å². The Morgan fingerprint density at radius 2 is 1.80 bits per heavy atom. The van der Waals surface area contributed by atoms with Crippen molar-refractivity contribution in [3.8, 4) is 16.9 Å². The van der Waals surface area contributed by atoms with Crippen LogP contribution in [0, 0.1) is 0 Å². The molecular weight excluding hydrogens is 272 g/mol. The fourth-order valence-corrected chi connectivity index (χ4v) is 2.31. The van der Waals surface area contributed by atoms with E-state index in [1.165, 1.54) is 6.92 Å². The summed E-state index contributed by atoms with van der Waals surface area (Å²) in [4.78, 5) is 11.4. The number of hydrogen-bond donors (Lipinski definition) is 0. The van der Waals surface area contributed by atoms with Crippen LogP contribution in [0.5, 0.6) is 5.75 Å². The van der Waals surface area contributed by atoms with Gasteiger partial charge in [-0.25, -0.2) is 0 Å². The van der Waals surface area contributed by atoms with Crippen LogP contribution in [0.3, 0.4) is 0 Å². The van der Waals surface area contributed by atoms with Gasteiger partial charge >= 0.3 is 0 Å².